The van der Waals surface area contributed by atoms with Crippen molar-refractivity contribution in [1.82, 2.24) is 9.13 Å². The van der Waals surface area contributed by atoms with Crippen molar-refractivity contribution >= 4 is 60.7 Å². The predicted molar refractivity (Wildman–Crippen MR) is 192 cm³/mol. The van der Waals surface area contributed by atoms with Gasteiger partial charge in [0.15, 0.2) is 0 Å². The Morgan fingerprint density at radius 1 is 0.609 bits per heavy atom. The van der Waals surface area contributed by atoms with Crippen molar-refractivity contribution in [3.05, 3.63) is 151 Å². The maximum Gasteiger partial charge on any atom is 0.137 e. The highest BCUT2D eigenvalue weighted by Gasteiger charge is 2.25. The molecule has 0 saturated carbocycles. The quantitative estimate of drug-likeness (QED) is 0.201. The van der Waals surface area contributed by atoms with E-state index in [1.807, 2.05) is 6.07 Å². The third-order valence-electron chi connectivity index (χ3n) is 9.93. The summed E-state index contributed by atoms with van der Waals surface area (Å²) in [7, 11) is 0. The number of para-hydroxylation sites is 4. The zero-order chi connectivity index (χ0) is 30.4. The molecule has 0 saturated heterocycles. The molecule has 1 unspecified atom stereocenters. The molecule has 46 heavy (non-hydrogen) atoms. The molecule has 6 aromatic carbocycles. The van der Waals surface area contributed by atoms with E-state index in [9.17, 15) is 0 Å². The molecule has 3 heteroatoms. The maximum atomic E-state index is 6.37. The van der Waals surface area contributed by atoms with E-state index in [0.717, 1.165) is 34.0 Å². The van der Waals surface area contributed by atoms with E-state index < -0.39 is 0 Å². The lowest BCUT2D eigenvalue weighted by atomic mass is 9.93. The van der Waals surface area contributed by atoms with E-state index in [0.29, 0.717) is 5.92 Å². The molecule has 0 N–H and O–H groups in total. The molecule has 9 aromatic rings. The van der Waals surface area contributed by atoms with Crippen LogP contribution in [0.15, 0.2) is 144 Å². The van der Waals surface area contributed by atoms with Gasteiger partial charge in [0.2, 0.25) is 0 Å². The summed E-state index contributed by atoms with van der Waals surface area (Å²) in [6.07, 6.45) is 5.69. The van der Waals surface area contributed by atoms with Crippen molar-refractivity contribution in [3.8, 4) is 22.5 Å². The Hall–Kier alpha value is -5.80. The van der Waals surface area contributed by atoms with Crippen LogP contribution in [0.4, 0.5) is 0 Å². The van der Waals surface area contributed by atoms with Crippen LogP contribution in [-0.2, 0) is 0 Å². The first kappa shape index (κ1) is 25.5. The largest absolute Gasteiger partial charge is 0.456 e. The summed E-state index contributed by atoms with van der Waals surface area (Å²) in [4.78, 5) is 0. The van der Waals surface area contributed by atoms with Crippen molar-refractivity contribution in [3.63, 3.8) is 0 Å². The fourth-order valence-electron chi connectivity index (χ4n) is 7.97. The molecule has 10 rings (SSSR count). The highest BCUT2D eigenvalue weighted by molar-refractivity contribution is 6.24. The minimum atomic E-state index is 0.427. The van der Waals surface area contributed by atoms with E-state index >= 15 is 0 Å². The van der Waals surface area contributed by atoms with Crippen LogP contribution in [0.25, 0.3) is 83.2 Å². The Kier molecular flexibility index (Phi) is 5.32. The van der Waals surface area contributed by atoms with Crippen molar-refractivity contribution in [2.24, 2.45) is 0 Å². The topological polar surface area (TPSA) is 23.0 Å². The standard InChI is InChI=1S/C43H30N2O/c1-27-12-10-19-33-31-16-4-8-22-38(31)45(42(27)33)36-20-6-2-15-30(36)28-13-11-14-29(26-28)44-37-21-7-3-17-32(37)34-24-25-40-41(43(34)44)35-18-5-9-23-39(35)46-40/h2-11,13-27H,12H2,1H3. The summed E-state index contributed by atoms with van der Waals surface area (Å²) in [5, 5.41) is 6.07. The van der Waals surface area contributed by atoms with E-state index in [1.54, 1.807) is 0 Å². The molecule has 218 valence electrons. The summed E-state index contributed by atoms with van der Waals surface area (Å²) in [6.45, 7) is 2.35. The molecule has 3 nitrogen and oxygen atoms in total. The number of fused-ring (bicyclic) bond motifs is 10. The van der Waals surface area contributed by atoms with Crippen LogP contribution < -0.4 is 0 Å². The molecule has 0 bridgehead atoms. The van der Waals surface area contributed by atoms with Gasteiger partial charge < -0.3 is 13.6 Å². The van der Waals surface area contributed by atoms with Gasteiger partial charge in [-0.2, -0.15) is 0 Å². The van der Waals surface area contributed by atoms with Crippen molar-refractivity contribution in [2.45, 2.75) is 19.3 Å². The van der Waals surface area contributed by atoms with E-state index in [1.165, 1.54) is 60.8 Å². The molecule has 1 aliphatic rings. The number of benzene rings is 6. The van der Waals surface area contributed by atoms with Crippen molar-refractivity contribution < 1.29 is 4.42 Å². The monoisotopic (exact) mass is 590 g/mol. The smallest absolute Gasteiger partial charge is 0.137 e. The molecule has 0 fully saturated rings. The fourth-order valence-corrected chi connectivity index (χ4v) is 7.97. The molecule has 3 heterocycles. The number of allylic oxidation sites excluding steroid dienone is 1. The molecule has 3 aromatic heterocycles. The SMILES string of the molecule is CC1CC=Cc2c1n(-c1ccccc1-c1cccc(-n3c4ccccc4c4ccc5oc6ccccc6c5c43)c1)c1ccccc21. The third kappa shape index (κ3) is 3.48. The van der Waals surface area contributed by atoms with Gasteiger partial charge in [0.05, 0.1) is 27.6 Å². The van der Waals surface area contributed by atoms with Crippen LogP contribution in [0.2, 0.25) is 0 Å². The van der Waals surface area contributed by atoms with Gasteiger partial charge in [-0.3, -0.25) is 0 Å². The zero-order valence-corrected chi connectivity index (χ0v) is 25.4. The van der Waals surface area contributed by atoms with Gasteiger partial charge in [-0.25, -0.2) is 0 Å². The number of hydrogen-bond acceptors (Lipinski definition) is 1. The highest BCUT2D eigenvalue weighted by Crippen LogP contribution is 2.43. The van der Waals surface area contributed by atoms with Crippen LogP contribution in [0, 0.1) is 0 Å². The van der Waals surface area contributed by atoms with E-state index in [2.05, 4.69) is 156 Å². The Morgan fingerprint density at radius 3 is 2.24 bits per heavy atom. The summed E-state index contributed by atoms with van der Waals surface area (Å²) >= 11 is 0. The highest BCUT2D eigenvalue weighted by atomic mass is 16.3. The average molecular weight is 591 g/mol. The van der Waals surface area contributed by atoms with Gasteiger partial charge in [-0.05, 0) is 60.5 Å². The summed E-state index contributed by atoms with van der Waals surface area (Å²) in [6, 6.07) is 48.2. The minimum Gasteiger partial charge on any atom is -0.456 e. The van der Waals surface area contributed by atoms with Crippen LogP contribution in [0.3, 0.4) is 0 Å². The lowest BCUT2D eigenvalue weighted by molar-refractivity contribution is 0.669. The number of nitrogens with zero attached hydrogens (tertiary/aromatic N) is 2. The van der Waals surface area contributed by atoms with Crippen molar-refractivity contribution in [1.29, 1.82) is 0 Å². The van der Waals surface area contributed by atoms with Gasteiger partial charge in [0, 0.05) is 50.0 Å². The predicted octanol–water partition coefficient (Wildman–Crippen LogP) is 11.8. The molecule has 0 spiro atoms. The normalized spacial score (nSPS) is 14.7. The number of furan rings is 1. The Morgan fingerprint density at radius 2 is 1.35 bits per heavy atom. The lowest BCUT2D eigenvalue weighted by Gasteiger charge is -2.21. The Balaban J connectivity index is 1.25. The second-order valence-electron chi connectivity index (χ2n) is 12.5. The van der Waals surface area contributed by atoms with Gasteiger partial charge in [-0.15, -0.1) is 0 Å². The number of aromatic nitrogens is 2. The number of rotatable bonds is 3. The molecule has 0 amide bonds. The summed E-state index contributed by atoms with van der Waals surface area (Å²) in [5.74, 6) is 0.427. The summed E-state index contributed by atoms with van der Waals surface area (Å²) < 4.78 is 11.3. The zero-order valence-electron chi connectivity index (χ0n) is 25.4. The van der Waals surface area contributed by atoms with Crippen LogP contribution >= 0.6 is 0 Å². The second kappa shape index (κ2) is 9.60. The molecular weight excluding hydrogens is 560 g/mol. The first-order valence-corrected chi connectivity index (χ1v) is 16.1. The first-order valence-electron chi connectivity index (χ1n) is 16.1. The molecule has 0 radical (unpaired) electrons. The molecule has 1 atom stereocenters. The van der Waals surface area contributed by atoms with Crippen LogP contribution in [0.1, 0.15) is 30.5 Å². The van der Waals surface area contributed by atoms with Gasteiger partial charge in [0.25, 0.3) is 0 Å². The Labute approximate surface area is 266 Å². The molecule has 1 aliphatic carbocycles. The van der Waals surface area contributed by atoms with Gasteiger partial charge >= 0.3 is 0 Å². The molecular formula is C43H30N2O. The van der Waals surface area contributed by atoms with E-state index in [4.69, 9.17) is 4.42 Å². The maximum absolute atomic E-state index is 6.37. The van der Waals surface area contributed by atoms with Crippen LogP contribution in [0.5, 0.6) is 0 Å². The second-order valence-corrected chi connectivity index (χ2v) is 12.5. The minimum absolute atomic E-state index is 0.427. The Bertz CT molecular complexity index is 2700. The number of hydrogen-bond donors (Lipinski definition) is 0. The summed E-state index contributed by atoms with van der Waals surface area (Å²) in [5.41, 5.74) is 12.9. The van der Waals surface area contributed by atoms with Crippen LogP contribution in [-0.4, -0.2) is 9.13 Å². The fraction of sp³-hybridized carbons (Fsp3) is 0.0698. The molecule has 0 aliphatic heterocycles. The first-order chi connectivity index (χ1) is 22.8. The van der Waals surface area contributed by atoms with Gasteiger partial charge in [0.1, 0.15) is 11.2 Å². The van der Waals surface area contributed by atoms with Crippen molar-refractivity contribution in [2.75, 3.05) is 0 Å². The lowest BCUT2D eigenvalue weighted by Crippen LogP contribution is -2.08. The van der Waals surface area contributed by atoms with E-state index in [-0.39, 0.29) is 0 Å². The van der Waals surface area contributed by atoms with Gasteiger partial charge in [-0.1, -0.05) is 104 Å². The third-order valence-corrected chi connectivity index (χ3v) is 9.93. The average Bonchev–Trinajstić information content (AvgIpc) is 3.77.